The number of benzene rings is 2. The maximum Gasteiger partial charge on any atom is 0.251 e. The summed E-state index contributed by atoms with van der Waals surface area (Å²) >= 11 is 7.52. The molecule has 1 heterocycles. The van der Waals surface area contributed by atoms with Crippen LogP contribution in [0.1, 0.15) is 49.0 Å². The number of rotatable bonds is 4. The molecule has 3 atom stereocenters. The van der Waals surface area contributed by atoms with Crippen molar-refractivity contribution >= 4 is 40.9 Å². The number of anilines is 1. The van der Waals surface area contributed by atoms with Gasteiger partial charge in [0.15, 0.2) is 0 Å². The number of hydrogen-bond acceptors (Lipinski definition) is 3. The highest BCUT2D eigenvalue weighted by atomic mass is 35.5. The number of nitrogens with zero attached hydrogens (tertiary/aromatic N) is 1. The van der Waals surface area contributed by atoms with E-state index >= 15 is 0 Å². The fraction of sp³-hybridized carbons (Fsp3) is 0.417. The number of thioether (sulfide) groups is 1. The van der Waals surface area contributed by atoms with Crippen LogP contribution in [0.4, 0.5) is 5.69 Å². The van der Waals surface area contributed by atoms with Crippen molar-refractivity contribution in [3.63, 3.8) is 0 Å². The Balaban J connectivity index is 1.56. The van der Waals surface area contributed by atoms with Crippen molar-refractivity contribution in [2.45, 2.75) is 50.6 Å². The zero-order valence-corrected chi connectivity index (χ0v) is 18.9. The molecule has 4 rings (SSSR count). The summed E-state index contributed by atoms with van der Waals surface area (Å²) < 4.78 is 0. The Morgan fingerprint density at radius 1 is 1.17 bits per heavy atom. The average Bonchev–Trinajstić information content (AvgIpc) is 2.74. The van der Waals surface area contributed by atoms with Crippen molar-refractivity contribution < 1.29 is 9.59 Å². The van der Waals surface area contributed by atoms with Crippen LogP contribution in [-0.2, 0) is 11.3 Å². The fourth-order valence-electron chi connectivity index (χ4n) is 4.33. The third kappa shape index (κ3) is 4.52. The quantitative estimate of drug-likeness (QED) is 0.676. The molecule has 0 unspecified atom stereocenters. The zero-order chi connectivity index (χ0) is 21.3. The van der Waals surface area contributed by atoms with E-state index < -0.39 is 0 Å². The molecule has 30 heavy (non-hydrogen) atoms. The lowest BCUT2D eigenvalue weighted by molar-refractivity contribution is -0.116. The normalized spacial score (nSPS) is 23.8. The van der Waals surface area contributed by atoms with Gasteiger partial charge in [0, 0.05) is 21.5 Å². The van der Waals surface area contributed by atoms with Gasteiger partial charge in [0.05, 0.1) is 18.0 Å². The number of carbonyl (C=O) groups excluding carboxylic acids is 2. The van der Waals surface area contributed by atoms with Gasteiger partial charge in [0.1, 0.15) is 0 Å². The molecule has 0 saturated heterocycles. The highest BCUT2D eigenvalue weighted by Crippen LogP contribution is 2.37. The smallest absolute Gasteiger partial charge is 0.251 e. The van der Waals surface area contributed by atoms with Crippen LogP contribution >= 0.6 is 23.4 Å². The van der Waals surface area contributed by atoms with E-state index in [1.54, 1.807) is 4.90 Å². The second kappa shape index (κ2) is 9.03. The molecule has 4 nitrogen and oxygen atoms in total. The molecule has 1 fully saturated rings. The van der Waals surface area contributed by atoms with Gasteiger partial charge in [-0.1, -0.05) is 50.4 Å². The largest absolute Gasteiger partial charge is 0.349 e. The Kier molecular flexibility index (Phi) is 6.40. The molecule has 6 heteroatoms. The van der Waals surface area contributed by atoms with E-state index in [1.165, 1.54) is 18.2 Å². The van der Waals surface area contributed by atoms with Crippen LogP contribution in [0.5, 0.6) is 0 Å². The molecular formula is C24H27ClN2O2S. The summed E-state index contributed by atoms with van der Waals surface area (Å²) in [6, 6.07) is 13.4. The molecule has 1 aliphatic heterocycles. The van der Waals surface area contributed by atoms with Gasteiger partial charge in [-0.05, 0) is 54.2 Å². The molecule has 1 aliphatic carbocycles. The van der Waals surface area contributed by atoms with Crippen LogP contribution < -0.4 is 10.2 Å². The number of fused-ring (bicyclic) bond motifs is 1. The van der Waals surface area contributed by atoms with Crippen LogP contribution in [0.15, 0.2) is 47.4 Å². The van der Waals surface area contributed by atoms with Gasteiger partial charge in [-0.15, -0.1) is 11.8 Å². The van der Waals surface area contributed by atoms with Crippen LogP contribution in [0.2, 0.25) is 5.02 Å². The predicted octanol–water partition coefficient (Wildman–Crippen LogP) is 5.53. The van der Waals surface area contributed by atoms with Gasteiger partial charge in [-0.3, -0.25) is 9.59 Å². The topological polar surface area (TPSA) is 49.4 Å². The van der Waals surface area contributed by atoms with E-state index in [4.69, 9.17) is 11.6 Å². The predicted molar refractivity (Wildman–Crippen MR) is 123 cm³/mol. The van der Waals surface area contributed by atoms with Gasteiger partial charge in [0.2, 0.25) is 5.91 Å². The van der Waals surface area contributed by atoms with E-state index in [0.29, 0.717) is 34.7 Å². The summed E-state index contributed by atoms with van der Waals surface area (Å²) in [5.41, 5.74) is 2.42. The zero-order valence-electron chi connectivity index (χ0n) is 17.4. The molecule has 1 N–H and O–H groups in total. The molecule has 1 saturated carbocycles. The van der Waals surface area contributed by atoms with Crippen molar-refractivity contribution in [2.75, 3.05) is 10.7 Å². The van der Waals surface area contributed by atoms with Gasteiger partial charge in [0.25, 0.3) is 5.91 Å². The van der Waals surface area contributed by atoms with Crippen LogP contribution in [0.3, 0.4) is 0 Å². The van der Waals surface area contributed by atoms with Crippen molar-refractivity contribution in [2.24, 2.45) is 11.8 Å². The first-order valence-corrected chi connectivity index (χ1v) is 11.9. The molecular weight excluding hydrogens is 416 g/mol. The Bertz CT molecular complexity index is 947. The second-order valence-electron chi connectivity index (χ2n) is 8.42. The molecule has 2 amide bonds. The number of carbonyl (C=O) groups is 2. The molecule has 2 aromatic carbocycles. The van der Waals surface area contributed by atoms with Crippen molar-refractivity contribution in [1.82, 2.24) is 5.32 Å². The van der Waals surface area contributed by atoms with Crippen LogP contribution in [0, 0.1) is 11.8 Å². The number of amides is 2. The first-order chi connectivity index (χ1) is 14.4. The molecule has 0 aromatic heterocycles. The minimum Gasteiger partial charge on any atom is -0.349 e. The minimum atomic E-state index is -0.0572. The summed E-state index contributed by atoms with van der Waals surface area (Å²) in [6.07, 6.45) is 3.41. The van der Waals surface area contributed by atoms with Crippen molar-refractivity contribution in [3.8, 4) is 0 Å². The third-order valence-corrected chi connectivity index (χ3v) is 7.74. The molecule has 0 spiro atoms. The van der Waals surface area contributed by atoms with Crippen LogP contribution in [-0.4, -0.2) is 23.6 Å². The Morgan fingerprint density at radius 3 is 2.70 bits per heavy atom. The summed E-state index contributed by atoms with van der Waals surface area (Å²) in [7, 11) is 0. The summed E-state index contributed by atoms with van der Waals surface area (Å²) in [4.78, 5) is 28.5. The third-order valence-electron chi connectivity index (χ3n) is 6.44. The number of hydrogen-bond donors (Lipinski definition) is 1. The lowest BCUT2D eigenvalue weighted by Crippen LogP contribution is -2.43. The SMILES string of the molecule is C[C@@H]1[C@H](C)CCC[C@H]1NC(=O)c1ccc2c(c1)N(Cc1ccc(Cl)cc1)C(=O)CS2. The first-order valence-electron chi connectivity index (χ1n) is 10.5. The summed E-state index contributed by atoms with van der Waals surface area (Å²) in [5, 5.41) is 3.91. The first kappa shape index (κ1) is 21.3. The Labute approximate surface area is 187 Å². The monoisotopic (exact) mass is 442 g/mol. The van der Waals surface area contributed by atoms with E-state index in [0.717, 1.165) is 29.0 Å². The maximum atomic E-state index is 13.0. The van der Waals surface area contributed by atoms with E-state index in [2.05, 4.69) is 19.2 Å². The molecule has 158 valence electrons. The lowest BCUT2D eigenvalue weighted by atomic mass is 9.78. The lowest BCUT2D eigenvalue weighted by Gasteiger charge is -2.34. The standard InChI is InChI=1S/C24H27ClN2O2S/c1-15-4-3-5-20(16(15)2)26-24(29)18-8-11-22-21(12-18)27(23(28)14-30-22)13-17-6-9-19(25)10-7-17/h6-12,15-16,20H,3-5,13-14H2,1-2H3,(H,26,29)/t15-,16-,20-/m1/s1. The van der Waals surface area contributed by atoms with Crippen molar-refractivity contribution in [3.05, 3.63) is 58.6 Å². The number of nitrogens with one attached hydrogen (secondary N) is 1. The van der Waals surface area contributed by atoms with E-state index in [1.807, 2.05) is 42.5 Å². The fourth-order valence-corrected chi connectivity index (χ4v) is 5.37. The van der Waals surface area contributed by atoms with E-state index in [9.17, 15) is 9.59 Å². The van der Waals surface area contributed by atoms with E-state index in [-0.39, 0.29) is 17.9 Å². The second-order valence-corrected chi connectivity index (χ2v) is 9.88. The molecule has 2 aromatic rings. The highest BCUT2D eigenvalue weighted by Gasteiger charge is 2.30. The minimum absolute atomic E-state index is 0.0507. The molecule has 0 bridgehead atoms. The Hall–Kier alpha value is -1.98. The van der Waals surface area contributed by atoms with Gasteiger partial charge < -0.3 is 10.2 Å². The summed E-state index contributed by atoms with van der Waals surface area (Å²) in [6.45, 7) is 4.95. The average molecular weight is 443 g/mol. The van der Waals surface area contributed by atoms with Crippen LogP contribution in [0.25, 0.3) is 0 Å². The maximum absolute atomic E-state index is 13.0. The number of halogens is 1. The van der Waals surface area contributed by atoms with Gasteiger partial charge in [-0.25, -0.2) is 0 Å². The highest BCUT2D eigenvalue weighted by molar-refractivity contribution is 8.00. The van der Waals surface area contributed by atoms with Gasteiger partial charge >= 0.3 is 0 Å². The summed E-state index contributed by atoms with van der Waals surface area (Å²) in [5.74, 6) is 1.49. The van der Waals surface area contributed by atoms with Crippen molar-refractivity contribution in [1.29, 1.82) is 0 Å². The van der Waals surface area contributed by atoms with Gasteiger partial charge in [-0.2, -0.15) is 0 Å². The Morgan fingerprint density at radius 2 is 1.93 bits per heavy atom. The molecule has 0 radical (unpaired) electrons. The molecule has 2 aliphatic rings.